The molecule has 1 unspecified atom stereocenters. The molecule has 0 aliphatic carbocycles. The topological polar surface area (TPSA) is 76.2 Å². The number of likely N-dealkylation sites (tertiary alicyclic amines) is 1. The van der Waals surface area contributed by atoms with Crippen molar-refractivity contribution >= 4 is 5.91 Å². The zero-order valence-electron chi connectivity index (χ0n) is 14.4. The normalized spacial score (nSPS) is 18.8. The largest absolute Gasteiger partial charge is 0.426 e. The van der Waals surface area contributed by atoms with Crippen molar-refractivity contribution < 1.29 is 23.1 Å². The van der Waals surface area contributed by atoms with Crippen LogP contribution in [0.4, 0.5) is 13.2 Å². The molecule has 0 saturated carbocycles. The number of halogens is 3. The fourth-order valence-electron chi connectivity index (χ4n) is 3.16. The lowest BCUT2D eigenvalue weighted by Gasteiger charge is -2.36. The Morgan fingerprint density at radius 2 is 1.92 bits per heavy atom. The van der Waals surface area contributed by atoms with Gasteiger partial charge >= 0.3 is 6.18 Å². The summed E-state index contributed by atoms with van der Waals surface area (Å²) in [7, 11) is 1.79. The van der Waals surface area contributed by atoms with Gasteiger partial charge in [-0.25, -0.2) is 4.68 Å². The van der Waals surface area contributed by atoms with E-state index in [1.165, 1.54) is 0 Å². The third-order valence-corrected chi connectivity index (χ3v) is 4.78. The second kappa shape index (κ2) is 6.42. The summed E-state index contributed by atoms with van der Waals surface area (Å²) in [6.07, 6.45) is 1.14. The third kappa shape index (κ3) is 3.20. The van der Waals surface area contributed by atoms with Crippen LogP contribution in [0.1, 0.15) is 31.4 Å². The Kier molecular flexibility index (Phi) is 4.55. The maximum atomic E-state index is 12.9. The van der Waals surface area contributed by atoms with Crippen molar-refractivity contribution in [2.75, 3.05) is 13.1 Å². The van der Waals surface area contributed by atoms with E-state index < -0.39 is 17.7 Å². The van der Waals surface area contributed by atoms with E-state index in [9.17, 15) is 23.1 Å². The first-order valence-corrected chi connectivity index (χ1v) is 8.22. The van der Waals surface area contributed by atoms with Crippen LogP contribution in [-0.4, -0.2) is 60.3 Å². The molecule has 1 aliphatic heterocycles. The first-order valence-electron chi connectivity index (χ1n) is 8.22. The Bertz CT molecular complexity index is 788. The summed E-state index contributed by atoms with van der Waals surface area (Å²) in [5.74, 6) is -1.25. The zero-order valence-corrected chi connectivity index (χ0v) is 14.4. The first kappa shape index (κ1) is 18.4. The maximum absolute atomic E-state index is 12.9. The minimum Gasteiger partial charge on any atom is -0.373 e. The molecule has 3 heterocycles. The molecule has 1 amide bonds. The second-order valence-corrected chi connectivity index (χ2v) is 6.68. The molecular formula is C16H20F3N5O2. The number of carbonyl (C=O) groups is 1. The molecule has 0 bridgehead atoms. The predicted octanol–water partition coefficient (Wildman–Crippen LogP) is 1.63. The Labute approximate surface area is 148 Å². The Hall–Kier alpha value is -2.36. The average molecular weight is 371 g/mol. The van der Waals surface area contributed by atoms with E-state index in [1.54, 1.807) is 28.8 Å². The predicted molar refractivity (Wildman–Crippen MR) is 85.6 cm³/mol. The van der Waals surface area contributed by atoms with Crippen molar-refractivity contribution in [1.82, 2.24) is 24.5 Å². The summed E-state index contributed by atoms with van der Waals surface area (Å²) in [6, 6.07) is 1.86. The van der Waals surface area contributed by atoms with Gasteiger partial charge in [-0.05, 0) is 25.8 Å². The molecule has 2 aromatic rings. The number of piperidine rings is 1. The number of hydrogen-bond donors (Lipinski definition) is 1. The third-order valence-electron chi connectivity index (χ3n) is 4.78. The number of aromatic nitrogens is 4. The summed E-state index contributed by atoms with van der Waals surface area (Å²) in [4.78, 5) is 13.2. The second-order valence-electron chi connectivity index (χ2n) is 6.68. The van der Waals surface area contributed by atoms with Crippen molar-refractivity contribution in [2.45, 2.75) is 37.5 Å². The van der Waals surface area contributed by atoms with E-state index >= 15 is 0 Å². The lowest BCUT2D eigenvalue weighted by Crippen LogP contribution is -2.57. The number of hydrogen-bond acceptors (Lipinski definition) is 4. The van der Waals surface area contributed by atoms with Gasteiger partial charge in [0, 0.05) is 37.9 Å². The zero-order chi connectivity index (χ0) is 19.1. The van der Waals surface area contributed by atoms with Gasteiger partial charge in [-0.1, -0.05) is 0 Å². The molecule has 1 atom stereocenters. The SMILES string of the molecule is Cn1cc(-n2nccc2C2CCN(C(=O)C(C)(O)C(F)(F)F)CC2)cn1. The van der Waals surface area contributed by atoms with Gasteiger partial charge in [0.15, 0.2) is 0 Å². The van der Waals surface area contributed by atoms with Crippen LogP contribution < -0.4 is 0 Å². The van der Waals surface area contributed by atoms with Crippen molar-refractivity contribution in [3.63, 3.8) is 0 Å². The smallest absolute Gasteiger partial charge is 0.373 e. The van der Waals surface area contributed by atoms with E-state index in [0.717, 1.165) is 16.3 Å². The Morgan fingerprint density at radius 3 is 2.46 bits per heavy atom. The average Bonchev–Trinajstić information content (AvgIpc) is 3.21. The van der Waals surface area contributed by atoms with Crippen LogP contribution in [0, 0.1) is 0 Å². The molecule has 0 radical (unpaired) electrons. The summed E-state index contributed by atoms with van der Waals surface area (Å²) in [6.45, 7) is 0.792. The van der Waals surface area contributed by atoms with E-state index in [2.05, 4.69) is 10.2 Å². The van der Waals surface area contributed by atoms with Crippen molar-refractivity contribution in [3.8, 4) is 5.69 Å². The van der Waals surface area contributed by atoms with Gasteiger partial charge in [-0.2, -0.15) is 23.4 Å². The molecule has 142 valence electrons. The number of aryl methyl sites for hydroxylation is 1. The molecule has 0 aromatic carbocycles. The van der Waals surface area contributed by atoms with Gasteiger partial charge in [0.1, 0.15) is 5.69 Å². The molecule has 7 nitrogen and oxygen atoms in total. The molecule has 1 fully saturated rings. The highest BCUT2D eigenvalue weighted by molar-refractivity contribution is 5.85. The highest BCUT2D eigenvalue weighted by Crippen LogP contribution is 2.34. The fourth-order valence-corrected chi connectivity index (χ4v) is 3.16. The number of carbonyl (C=O) groups excluding carboxylic acids is 1. The molecule has 1 aliphatic rings. The highest BCUT2D eigenvalue weighted by Gasteiger charge is 2.57. The number of nitrogens with zero attached hydrogens (tertiary/aromatic N) is 5. The van der Waals surface area contributed by atoms with Gasteiger partial charge in [0.25, 0.3) is 5.91 Å². The van der Waals surface area contributed by atoms with Crippen LogP contribution in [0.3, 0.4) is 0 Å². The summed E-state index contributed by atoms with van der Waals surface area (Å²) in [5, 5.41) is 18.0. The van der Waals surface area contributed by atoms with Crippen molar-refractivity contribution in [1.29, 1.82) is 0 Å². The first-order chi connectivity index (χ1) is 12.1. The molecular weight excluding hydrogens is 351 g/mol. The van der Waals surface area contributed by atoms with Crippen molar-refractivity contribution in [2.24, 2.45) is 7.05 Å². The Balaban J connectivity index is 1.70. The maximum Gasteiger partial charge on any atom is 0.426 e. The minimum absolute atomic E-state index is 0.0533. The number of aliphatic hydroxyl groups is 1. The number of amides is 1. The van der Waals surface area contributed by atoms with Crippen molar-refractivity contribution in [3.05, 3.63) is 30.4 Å². The lowest BCUT2D eigenvalue weighted by molar-refractivity contribution is -0.250. The van der Waals surface area contributed by atoms with Gasteiger partial charge in [0.2, 0.25) is 5.60 Å². The number of rotatable bonds is 3. The Morgan fingerprint density at radius 1 is 1.27 bits per heavy atom. The summed E-state index contributed by atoms with van der Waals surface area (Å²) >= 11 is 0. The van der Waals surface area contributed by atoms with E-state index in [-0.39, 0.29) is 19.0 Å². The van der Waals surface area contributed by atoms with Crippen LogP contribution in [0.15, 0.2) is 24.7 Å². The van der Waals surface area contributed by atoms with Gasteiger partial charge < -0.3 is 10.0 Å². The van der Waals surface area contributed by atoms with E-state index in [4.69, 9.17) is 0 Å². The lowest BCUT2D eigenvalue weighted by atomic mass is 9.92. The fraction of sp³-hybridized carbons (Fsp3) is 0.562. The summed E-state index contributed by atoms with van der Waals surface area (Å²) in [5.41, 5.74) is -1.64. The van der Waals surface area contributed by atoms with Crippen LogP contribution in [0.25, 0.3) is 5.69 Å². The van der Waals surface area contributed by atoms with E-state index in [1.807, 2.05) is 12.3 Å². The van der Waals surface area contributed by atoms with Crippen LogP contribution in [0.5, 0.6) is 0 Å². The molecule has 3 rings (SSSR count). The standard InChI is InChI=1S/C16H20F3N5O2/c1-15(26,16(17,18)19)14(25)23-7-4-11(5-8-23)13-3-6-20-24(13)12-9-21-22(2)10-12/h3,6,9-11,26H,4-5,7-8H2,1-2H3. The van der Waals surface area contributed by atoms with Gasteiger partial charge in [0.05, 0.1) is 12.4 Å². The molecule has 2 aromatic heterocycles. The highest BCUT2D eigenvalue weighted by atomic mass is 19.4. The monoisotopic (exact) mass is 371 g/mol. The van der Waals surface area contributed by atoms with Crippen LogP contribution >= 0.6 is 0 Å². The quantitative estimate of drug-likeness (QED) is 0.890. The molecule has 26 heavy (non-hydrogen) atoms. The summed E-state index contributed by atoms with van der Waals surface area (Å²) < 4.78 is 42.0. The molecule has 10 heteroatoms. The van der Waals surface area contributed by atoms with E-state index in [0.29, 0.717) is 19.8 Å². The molecule has 0 spiro atoms. The minimum atomic E-state index is -5.00. The molecule has 1 saturated heterocycles. The van der Waals surface area contributed by atoms with Crippen LogP contribution in [-0.2, 0) is 11.8 Å². The van der Waals surface area contributed by atoms with Gasteiger partial charge in [-0.15, -0.1) is 0 Å². The molecule has 1 N–H and O–H groups in total. The van der Waals surface area contributed by atoms with Gasteiger partial charge in [-0.3, -0.25) is 9.48 Å². The number of alkyl halides is 3. The van der Waals surface area contributed by atoms with Crippen LogP contribution in [0.2, 0.25) is 0 Å².